The first-order chi connectivity index (χ1) is 10.7. The second kappa shape index (κ2) is 6.48. The number of carbonyl (C=O) groups excluding carboxylic acids is 1. The van der Waals surface area contributed by atoms with Crippen LogP contribution in [0.15, 0.2) is 39.6 Å². The van der Waals surface area contributed by atoms with E-state index in [1.165, 1.54) is 6.07 Å². The van der Waals surface area contributed by atoms with Gasteiger partial charge in [-0.25, -0.2) is 0 Å². The molecule has 0 saturated heterocycles. The van der Waals surface area contributed by atoms with Crippen LogP contribution >= 0.6 is 31.9 Å². The zero-order valence-electron chi connectivity index (χ0n) is 11.2. The Morgan fingerprint density at radius 1 is 1.26 bits per heavy atom. The lowest BCUT2D eigenvalue weighted by Crippen LogP contribution is -2.34. The van der Waals surface area contributed by atoms with Crippen molar-refractivity contribution in [3.05, 3.63) is 62.0 Å². The molecule has 0 atom stereocenters. The maximum Gasteiger partial charge on any atom is 0.416 e. The van der Waals surface area contributed by atoms with Gasteiger partial charge < -0.3 is 9.90 Å². The predicted octanol–water partition coefficient (Wildman–Crippen LogP) is 2.88. The Morgan fingerprint density at radius 3 is 2.43 bits per heavy atom. The zero-order valence-corrected chi connectivity index (χ0v) is 14.3. The second-order valence-corrected chi connectivity index (χ2v) is 5.88. The fraction of sp³-hybridized carbons (Fsp3) is 0.143. The Bertz CT molecular complexity index is 831. The molecular formula is C14H7Br2F3NO3-. The van der Waals surface area contributed by atoms with Crippen LogP contribution < -0.4 is 10.7 Å². The first-order valence-corrected chi connectivity index (χ1v) is 7.97. The molecule has 1 aromatic heterocycles. The van der Waals surface area contributed by atoms with E-state index in [0.717, 1.165) is 28.8 Å². The fourth-order valence-corrected chi connectivity index (χ4v) is 3.46. The maximum absolute atomic E-state index is 12.8. The van der Waals surface area contributed by atoms with Gasteiger partial charge in [0.25, 0.3) is 5.56 Å². The zero-order chi connectivity index (χ0) is 17.4. The predicted molar refractivity (Wildman–Crippen MR) is 81.7 cm³/mol. The first kappa shape index (κ1) is 17.7. The van der Waals surface area contributed by atoms with Crippen molar-refractivity contribution in [1.29, 1.82) is 0 Å². The molecule has 2 rings (SSSR count). The van der Waals surface area contributed by atoms with E-state index in [1.54, 1.807) is 0 Å². The molecule has 0 spiro atoms. The number of carboxylic acids is 1. The molecule has 9 heteroatoms. The van der Waals surface area contributed by atoms with E-state index >= 15 is 0 Å². The lowest BCUT2D eigenvalue weighted by Gasteiger charge is -2.17. The van der Waals surface area contributed by atoms with Crippen LogP contribution in [-0.4, -0.2) is 10.5 Å². The number of hydrogen-bond acceptors (Lipinski definition) is 3. The van der Waals surface area contributed by atoms with Gasteiger partial charge in [0, 0.05) is 15.5 Å². The summed E-state index contributed by atoms with van der Waals surface area (Å²) in [7, 11) is 0. The van der Waals surface area contributed by atoms with Gasteiger partial charge in [0.15, 0.2) is 0 Å². The summed E-state index contributed by atoms with van der Waals surface area (Å²) in [6, 6.07) is 5.13. The number of benzene rings is 1. The summed E-state index contributed by atoms with van der Waals surface area (Å²) in [4.78, 5) is 23.4. The summed E-state index contributed by atoms with van der Waals surface area (Å²) in [5.41, 5.74) is -2.39. The summed E-state index contributed by atoms with van der Waals surface area (Å²) in [6.45, 7) is 0. The fourth-order valence-electron chi connectivity index (χ4n) is 1.99. The van der Waals surface area contributed by atoms with E-state index in [2.05, 4.69) is 31.9 Å². The van der Waals surface area contributed by atoms with Crippen LogP contribution in [-0.2, 0) is 11.5 Å². The number of alkyl halides is 4. The average molecular weight is 454 g/mol. The number of aromatic nitrogens is 1. The van der Waals surface area contributed by atoms with Gasteiger partial charge in [-0.1, -0.05) is 22.0 Å². The van der Waals surface area contributed by atoms with E-state index < -0.39 is 28.8 Å². The Hall–Kier alpha value is -1.61. The number of carboxylic acid groups (broad SMARTS) is 1. The van der Waals surface area contributed by atoms with Crippen LogP contribution in [0.2, 0.25) is 0 Å². The Balaban J connectivity index is 2.82. The van der Waals surface area contributed by atoms with Crippen molar-refractivity contribution in [3.63, 3.8) is 0 Å². The van der Waals surface area contributed by atoms with Crippen LogP contribution in [0.5, 0.6) is 0 Å². The van der Waals surface area contributed by atoms with Crippen molar-refractivity contribution in [3.8, 4) is 5.69 Å². The minimum Gasteiger partial charge on any atom is -0.545 e. The minimum absolute atomic E-state index is 0.0944. The average Bonchev–Trinajstić information content (AvgIpc) is 2.47. The summed E-state index contributed by atoms with van der Waals surface area (Å²) in [6.07, 6.45) is -4.59. The molecule has 0 aliphatic carbocycles. The topological polar surface area (TPSA) is 62.1 Å². The third-order valence-corrected chi connectivity index (χ3v) is 4.25. The van der Waals surface area contributed by atoms with Gasteiger partial charge in [-0.3, -0.25) is 9.36 Å². The lowest BCUT2D eigenvalue weighted by atomic mass is 10.1. The molecule has 0 bridgehead atoms. The Kier molecular flexibility index (Phi) is 5.00. The standard InChI is InChI=1S/C14H8Br2F3NO3/c15-6-11-10(16)5-9(13(22)23)12(21)20(11)8-3-1-2-7(4-8)14(17,18)19/h1-5H,6H2,(H,22,23)/p-1. The van der Waals surface area contributed by atoms with Crippen molar-refractivity contribution in [2.24, 2.45) is 0 Å². The van der Waals surface area contributed by atoms with E-state index in [-0.39, 0.29) is 21.2 Å². The number of rotatable bonds is 3. The van der Waals surface area contributed by atoms with Crippen LogP contribution in [0, 0.1) is 0 Å². The summed E-state index contributed by atoms with van der Waals surface area (Å²) < 4.78 is 39.7. The summed E-state index contributed by atoms with van der Waals surface area (Å²) in [5, 5.41) is 11.2. The van der Waals surface area contributed by atoms with E-state index in [4.69, 9.17) is 0 Å². The molecule has 2 aromatic rings. The van der Waals surface area contributed by atoms with Crippen molar-refractivity contribution < 1.29 is 23.1 Å². The second-order valence-electron chi connectivity index (χ2n) is 4.46. The largest absolute Gasteiger partial charge is 0.545 e. The molecular weight excluding hydrogens is 447 g/mol. The molecule has 0 unspecified atom stereocenters. The van der Waals surface area contributed by atoms with Crippen molar-refractivity contribution in [2.75, 3.05) is 0 Å². The molecule has 0 fully saturated rings. The number of hydrogen-bond donors (Lipinski definition) is 0. The molecule has 0 saturated carbocycles. The molecule has 122 valence electrons. The quantitative estimate of drug-likeness (QED) is 0.671. The highest BCUT2D eigenvalue weighted by Crippen LogP contribution is 2.31. The van der Waals surface area contributed by atoms with Gasteiger partial charge in [0.2, 0.25) is 0 Å². The van der Waals surface area contributed by atoms with Crippen molar-refractivity contribution in [2.45, 2.75) is 11.5 Å². The molecule has 0 N–H and O–H groups in total. The van der Waals surface area contributed by atoms with Gasteiger partial charge in [0.05, 0.1) is 22.8 Å². The molecule has 4 nitrogen and oxygen atoms in total. The third kappa shape index (κ3) is 3.50. The van der Waals surface area contributed by atoms with Gasteiger partial charge in [-0.05, 0) is 40.2 Å². The number of halogens is 5. The molecule has 1 heterocycles. The number of carbonyl (C=O) groups is 1. The Morgan fingerprint density at radius 2 is 1.91 bits per heavy atom. The smallest absolute Gasteiger partial charge is 0.416 e. The highest BCUT2D eigenvalue weighted by atomic mass is 79.9. The highest BCUT2D eigenvalue weighted by Gasteiger charge is 2.30. The van der Waals surface area contributed by atoms with Gasteiger partial charge in [-0.15, -0.1) is 0 Å². The van der Waals surface area contributed by atoms with Crippen LogP contribution in [0.25, 0.3) is 5.69 Å². The first-order valence-electron chi connectivity index (χ1n) is 6.06. The van der Waals surface area contributed by atoms with Crippen LogP contribution in [0.1, 0.15) is 21.6 Å². The highest BCUT2D eigenvalue weighted by molar-refractivity contribution is 9.10. The monoisotopic (exact) mass is 452 g/mol. The molecule has 0 amide bonds. The summed E-state index contributed by atoms with van der Waals surface area (Å²) in [5.74, 6) is -1.71. The summed E-state index contributed by atoms with van der Waals surface area (Å²) >= 11 is 6.25. The normalized spacial score (nSPS) is 11.5. The van der Waals surface area contributed by atoms with Crippen LogP contribution in [0.3, 0.4) is 0 Å². The van der Waals surface area contributed by atoms with Crippen molar-refractivity contribution >= 4 is 37.8 Å². The molecule has 1 aromatic carbocycles. The van der Waals surface area contributed by atoms with Gasteiger partial charge in [-0.2, -0.15) is 13.2 Å². The van der Waals surface area contributed by atoms with Gasteiger partial charge in [0.1, 0.15) is 0 Å². The Labute approximate surface area is 144 Å². The minimum atomic E-state index is -4.59. The van der Waals surface area contributed by atoms with E-state index in [9.17, 15) is 27.9 Å². The maximum atomic E-state index is 12.8. The van der Waals surface area contributed by atoms with E-state index in [0.29, 0.717) is 0 Å². The molecule has 23 heavy (non-hydrogen) atoms. The SMILES string of the molecule is O=C([O-])c1cc(Br)c(CBr)n(-c2cccc(C(F)(F)F)c2)c1=O. The number of aromatic carboxylic acids is 1. The molecule has 0 radical (unpaired) electrons. The number of nitrogens with zero attached hydrogens (tertiary/aromatic N) is 1. The van der Waals surface area contributed by atoms with E-state index in [1.807, 2.05) is 0 Å². The lowest BCUT2D eigenvalue weighted by molar-refractivity contribution is -0.255. The third-order valence-electron chi connectivity index (χ3n) is 3.03. The van der Waals surface area contributed by atoms with Crippen molar-refractivity contribution in [1.82, 2.24) is 4.57 Å². The van der Waals surface area contributed by atoms with Crippen LogP contribution in [0.4, 0.5) is 13.2 Å². The number of pyridine rings is 1. The molecule has 0 aliphatic rings. The molecule has 0 aliphatic heterocycles. The van der Waals surface area contributed by atoms with Gasteiger partial charge >= 0.3 is 6.18 Å².